The lowest BCUT2D eigenvalue weighted by atomic mass is 10.0. The molecule has 0 spiro atoms. The van der Waals surface area contributed by atoms with Crippen molar-refractivity contribution in [1.82, 2.24) is 0 Å². The second-order valence-corrected chi connectivity index (χ2v) is 3.43. The van der Waals surface area contributed by atoms with Gasteiger partial charge in [-0.15, -0.1) is 0 Å². The Morgan fingerprint density at radius 2 is 1.82 bits per heavy atom. The normalized spacial score (nSPS) is 9.12. The monoisotopic (exact) mass is 220 g/mol. The van der Waals surface area contributed by atoms with Gasteiger partial charge in [0.2, 0.25) is 0 Å². The van der Waals surface area contributed by atoms with Crippen molar-refractivity contribution in [2.75, 3.05) is 0 Å². The van der Waals surface area contributed by atoms with E-state index < -0.39 is 0 Å². The first kappa shape index (κ1) is 10.7. The minimum Gasteiger partial charge on any atom is -0.192 e. The summed E-state index contributed by atoms with van der Waals surface area (Å²) >= 11 is 0. The quantitative estimate of drug-likeness (QED) is 0.425. The van der Waals surface area contributed by atoms with Gasteiger partial charge in [-0.25, -0.2) is 0 Å². The van der Waals surface area contributed by atoms with Crippen LogP contribution < -0.4 is 0 Å². The van der Waals surface area contributed by atoms with Crippen molar-refractivity contribution in [1.29, 1.82) is 5.26 Å². The molecule has 0 N–H and O–H groups in total. The van der Waals surface area contributed by atoms with Gasteiger partial charge in [-0.1, -0.05) is 41.5 Å². The van der Waals surface area contributed by atoms with E-state index in [9.17, 15) is 0 Å². The van der Waals surface area contributed by atoms with Crippen LogP contribution in [0.3, 0.4) is 0 Å². The highest BCUT2D eigenvalue weighted by atomic mass is 15.1. The molecular formula is C13H8N4. The van der Waals surface area contributed by atoms with Crippen molar-refractivity contribution in [3.05, 3.63) is 64.5 Å². The molecule has 4 heteroatoms. The van der Waals surface area contributed by atoms with Gasteiger partial charge in [0.05, 0.1) is 11.6 Å². The van der Waals surface area contributed by atoms with Gasteiger partial charge in [0.15, 0.2) is 0 Å². The zero-order valence-corrected chi connectivity index (χ0v) is 8.91. The minimum atomic E-state index is 0.577. The number of azide groups is 1. The number of nitriles is 1. The van der Waals surface area contributed by atoms with E-state index in [0.717, 1.165) is 11.1 Å². The molecule has 0 heterocycles. The Kier molecular flexibility index (Phi) is 3.06. The van der Waals surface area contributed by atoms with Crippen LogP contribution in [0.15, 0.2) is 53.6 Å². The van der Waals surface area contributed by atoms with Crippen LogP contribution in [0, 0.1) is 11.3 Å². The maximum Gasteiger partial charge on any atom is 0.0991 e. The van der Waals surface area contributed by atoms with E-state index in [1.807, 2.05) is 30.3 Å². The predicted octanol–water partition coefficient (Wildman–Crippen LogP) is 4.17. The van der Waals surface area contributed by atoms with Gasteiger partial charge in [-0.2, -0.15) is 5.26 Å². The molecule has 2 rings (SSSR count). The van der Waals surface area contributed by atoms with Crippen molar-refractivity contribution in [2.24, 2.45) is 5.11 Å². The summed E-state index contributed by atoms with van der Waals surface area (Å²) in [5, 5.41) is 12.3. The highest BCUT2D eigenvalue weighted by Gasteiger charge is 1.98. The third-order valence-electron chi connectivity index (χ3n) is 2.35. The molecule has 0 atom stereocenters. The Balaban J connectivity index is 2.40. The highest BCUT2D eigenvalue weighted by Crippen LogP contribution is 2.23. The lowest BCUT2D eigenvalue weighted by Crippen LogP contribution is -1.79. The first-order valence-corrected chi connectivity index (χ1v) is 4.99. The zero-order valence-electron chi connectivity index (χ0n) is 8.91. The van der Waals surface area contributed by atoms with Gasteiger partial charge in [0.25, 0.3) is 0 Å². The molecule has 2 aromatic rings. The van der Waals surface area contributed by atoms with Gasteiger partial charge in [-0.05, 0) is 28.8 Å². The predicted molar refractivity (Wildman–Crippen MR) is 65.4 cm³/mol. The van der Waals surface area contributed by atoms with E-state index in [1.54, 1.807) is 18.2 Å². The van der Waals surface area contributed by atoms with Crippen LogP contribution in [0.1, 0.15) is 5.56 Å². The molecule has 0 fully saturated rings. The first-order chi connectivity index (χ1) is 8.33. The molecule has 80 valence electrons. The maximum absolute atomic E-state index is 8.82. The summed E-state index contributed by atoms with van der Waals surface area (Å²) in [4.78, 5) is 2.72. The molecule has 0 aliphatic rings. The Hall–Kier alpha value is -2.76. The summed E-state index contributed by atoms with van der Waals surface area (Å²) in [6.45, 7) is 0. The standard InChI is InChI=1S/C13H8N4/c14-9-10-2-1-3-12(8-10)11-4-6-13(7-5-11)16-17-15/h1-8H. The Morgan fingerprint density at radius 3 is 2.47 bits per heavy atom. The van der Waals surface area contributed by atoms with Crippen LogP contribution in [0.5, 0.6) is 0 Å². The van der Waals surface area contributed by atoms with Crippen LogP contribution in [0.2, 0.25) is 0 Å². The van der Waals surface area contributed by atoms with Crippen molar-refractivity contribution < 1.29 is 0 Å². The summed E-state index contributed by atoms with van der Waals surface area (Å²) in [6.07, 6.45) is 0. The van der Waals surface area contributed by atoms with Gasteiger partial charge >= 0.3 is 0 Å². The minimum absolute atomic E-state index is 0.577. The molecule has 0 aliphatic heterocycles. The van der Waals surface area contributed by atoms with Crippen molar-refractivity contribution in [2.45, 2.75) is 0 Å². The molecule has 4 nitrogen and oxygen atoms in total. The maximum atomic E-state index is 8.82. The van der Waals surface area contributed by atoms with E-state index in [2.05, 4.69) is 16.1 Å². The van der Waals surface area contributed by atoms with Crippen LogP contribution >= 0.6 is 0 Å². The molecule has 0 unspecified atom stereocenters. The molecular weight excluding hydrogens is 212 g/mol. The largest absolute Gasteiger partial charge is 0.192 e. The molecule has 0 radical (unpaired) electrons. The molecule has 0 saturated carbocycles. The molecule has 17 heavy (non-hydrogen) atoms. The molecule has 0 bridgehead atoms. The zero-order chi connectivity index (χ0) is 12.1. The molecule has 0 aromatic heterocycles. The summed E-state index contributed by atoms with van der Waals surface area (Å²) < 4.78 is 0. The van der Waals surface area contributed by atoms with E-state index in [-0.39, 0.29) is 0 Å². The second-order valence-electron chi connectivity index (χ2n) is 3.43. The van der Waals surface area contributed by atoms with Crippen molar-refractivity contribution in [3.8, 4) is 17.2 Å². The van der Waals surface area contributed by atoms with Gasteiger partial charge in [0.1, 0.15) is 0 Å². The lowest BCUT2D eigenvalue weighted by Gasteiger charge is -2.02. The Labute approximate surface area is 98.4 Å². The molecule has 0 amide bonds. The third kappa shape index (κ3) is 2.43. The van der Waals surface area contributed by atoms with Crippen molar-refractivity contribution >= 4 is 5.69 Å². The lowest BCUT2D eigenvalue weighted by molar-refractivity contribution is 1.46. The van der Waals surface area contributed by atoms with Gasteiger partial charge in [0, 0.05) is 10.6 Å². The van der Waals surface area contributed by atoms with Crippen LogP contribution in [-0.4, -0.2) is 0 Å². The smallest absolute Gasteiger partial charge is 0.0991 e. The molecule has 0 saturated heterocycles. The summed E-state index contributed by atoms with van der Waals surface area (Å²) in [6, 6.07) is 16.7. The van der Waals surface area contributed by atoms with Gasteiger partial charge in [-0.3, -0.25) is 0 Å². The SMILES string of the molecule is N#Cc1cccc(-c2ccc(N=[N+]=[N-])cc2)c1. The number of nitrogens with zero attached hydrogens (tertiary/aromatic N) is 4. The number of rotatable bonds is 2. The summed E-state index contributed by atoms with van der Waals surface area (Å²) in [7, 11) is 0. The fourth-order valence-corrected chi connectivity index (χ4v) is 1.54. The summed E-state index contributed by atoms with van der Waals surface area (Å²) in [5.41, 5.74) is 11.5. The number of hydrogen-bond acceptors (Lipinski definition) is 2. The third-order valence-corrected chi connectivity index (χ3v) is 2.35. The van der Waals surface area contributed by atoms with Crippen LogP contribution in [-0.2, 0) is 0 Å². The number of benzene rings is 2. The molecule has 0 aliphatic carbocycles. The first-order valence-electron chi connectivity index (χ1n) is 4.99. The number of hydrogen-bond donors (Lipinski definition) is 0. The van der Waals surface area contributed by atoms with E-state index >= 15 is 0 Å². The fourth-order valence-electron chi connectivity index (χ4n) is 1.54. The topological polar surface area (TPSA) is 72.5 Å². The van der Waals surface area contributed by atoms with E-state index in [4.69, 9.17) is 10.8 Å². The molecule has 2 aromatic carbocycles. The summed E-state index contributed by atoms with van der Waals surface area (Å²) in [5.74, 6) is 0. The fraction of sp³-hybridized carbons (Fsp3) is 0. The Bertz CT molecular complexity index is 617. The average Bonchev–Trinajstić information content (AvgIpc) is 2.40. The second kappa shape index (κ2) is 4.84. The van der Waals surface area contributed by atoms with E-state index in [1.165, 1.54) is 0 Å². The average molecular weight is 220 g/mol. The highest BCUT2D eigenvalue weighted by molar-refractivity contribution is 5.66. The Morgan fingerprint density at radius 1 is 1.06 bits per heavy atom. The van der Waals surface area contributed by atoms with Gasteiger partial charge < -0.3 is 0 Å². The van der Waals surface area contributed by atoms with Crippen molar-refractivity contribution in [3.63, 3.8) is 0 Å². The van der Waals surface area contributed by atoms with Crippen LogP contribution in [0.4, 0.5) is 5.69 Å². The van der Waals surface area contributed by atoms with Crippen LogP contribution in [0.25, 0.3) is 21.6 Å². The van der Waals surface area contributed by atoms with E-state index in [0.29, 0.717) is 11.3 Å².